The van der Waals surface area contributed by atoms with Crippen molar-refractivity contribution in [3.8, 4) is 0 Å². The molecule has 0 bridgehead atoms. The zero-order chi connectivity index (χ0) is 20.8. The highest BCUT2D eigenvalue weighted by atomic mass is 79.9. The van der Waals surface area contributed by atoms with Crippen LogP contribution in [0.25, 0.3) is 0 Å². The van der Waals surface area contributed by atoms with Crippen LogP contribution in [0.2, 0.25) is 0 Å². The minimum Gasteiger partial charge on any atom is -0.378 e. The van der Waals surface area contributed by atoms with Crippen LogP contribution in [0.5, 0.6) is 0 Å². The Bertz CT molecular complexity index is 942. The van der Waals surface area contributed by atoms with E-state index in [2.05, 4.69) is 36.8 Å². The zero-order valence-electron chi connectivity index (χ0n) is 15.9. The van der Waals surface area contributed by atoms with Gasteiger partial charge in [-0.25, -0.2) is 0 Å². The molecule has 1 atom stereocenters. The summed E-state index contributed by atoms with van der Waals surface area (Å²) in [6.07, 6.45) is 1.67. The van der Waals surface area contributed by atoms with E-state index < -0.39 is 5.25 Å². The number of nitrogens with zero attached hydrogens (tertiary/aromatic N) is 3. The predicted octanol–water partition coefficient (Wildman–Crippen LogP) is 3.47. The highest BCUT2D eigenvalue weighted by Crippen LogP contribution is 2.23. The summed E-state index contributed by atoms with van der Waals surface area (Å²) >= 11 is 4.55. The van der Waals surface area contributed by atoms with E-state index in [0.29, 0.717) is 10.9 Å². The lowest BCUT2D eigenvalue weighted by Crippen LogP contribution is -2.28. The van der Waals surface area contributed by atoms with E-state index in [1.165, 1.54) is 11.8 Å². The van der Waals surface area contributed by atoms with E-state index in [9.17, 15) is 9.59 Å². The van der Waals surface area contributed by atoms with E-state index in [0.717, 1.165) is 15.7 Å². The maximum absolute atomic E-state index is 12.2. The number of hydrogen-bond acceptors (Lipinski definition) is 6. The average Bonchev–Trinajstić information content (AvgIpc) is 3.03. The fourth-order valence-corrected chi connectivity index (χ4v) is 3.69. The number of anilines is 2. The summed E-state index contributed by atoms with van der Waals surface area (Å²) < 4.78 is 0.927. The number of carbonyl (C=O) groups is 2. The molecular formula is C20H20BrN5O2S. The molecule has 2 aromatic rings. The van der Waals surface area contributed by atoms with Gasteiger partial charge in [-0.2, -0.15) is 5.10 Å². The normalized spacial score (nSPS) is 17.6. The molecule has 150 valence electrons. The SMILES string of the molecule is CN(C)c1ccc(/C=N\N=C2/NC(=O)C(CC(=O)Nc3ccc(Br)cc3)S2)cc1. The van der Waals surface area contributed by atoms with Gasteiger partial charge >= 0.3 is 0 Å². The summed E-state index contributed by atoms with van der Waals surface area (Å²) in [6.45, 7) is 0. The molecule has 1 aliphatic rings. The number of amides is 2. The Hall–Kier alpha value is -2.65. The first-order valence-electron chi connectivity index (χ1n) is 8.82. The Labute approximate surface area is 181 Å². The number of carbonyl (C=O) groups excluding carboxylic acids is 2. The number of amidine groups is 1. The minimum atomic E-state index is -0.529. The van der Waals surface area contributed by atoms with Gasteiger partial charge in [-0.3, -0.25) is 9.59 Å². The van der Waals surface area contributed by atoms with Gasteiger partial charge in [0, 0.05) is 36.4 Å². The Kier molecular flexibility index (Phi) is 7.05. The lowest BCUT2D eigenvalue weighted by atomic mass is 10.2. The van der Waals surface area contributed by atoms with Gasteiger partial charge in [0.15, 0.2) is 5.17 Å². The van der Waals surface area contributed by atoms with Crippen LogP contribution in [0.1, 0.15) is 12.0 Å². The second kappa shape index (κ2) is 9.71. The molecule has 2 aromatic carbocycles. The van der Waals surface area contributed by atoms with Crippen molar-refractivity contribution in [3.05, 3.63) is 58.6 Å². The molecule has 1 saturated heterocycles. The second-order valence-corrected chi connectivity index (χ2v) is 8.60. The van der Waals surface area contributed by atoms with E-state index >= 15 is 0 Å². The predicted molar refractivity (Wildman–Crippen MR) is 123 cm³/mol. The van der Waals surface area contributed by atoms with Gasteiger partial charge in [0.2, 0.25) is 11.8 Å². The highest BCUT2D eigenvalue weighted by molar-refractivity contribution is 9.10. The number of halogens is 1. The smallest absolute Gasteiger partial charge is 0.240 e. The number of rotatable bonds is 6. The van der Waals surface area contributed by atoms with Crippen LogP contribution in [0, 0.1) is 0 Å². The molecule has 29 heavy (non-hydrogen) atoms. The van der Waals surface area contributed by atoms with Crippen LogP contribution in [-0.4, -0.2) is 42.5 Å². The molecule has 2 N–H and O–H groups in total. The van der Waals surface area contributed by atoms with Crippen molar-refractivity contribution in [1.29, 1.82) is 0 Å². The van der Waals surface area contributed by atoms with E-state index in [1.807, 2.05) is 55.4 Å². The molecule has 0 aliphatic carbocycles. The van der Waals surface area contributed by atoms with Gasteiger partial charge < -0.3 is 15.5 Å². The number of benzene rings is 2. The largest absolute Gasteiger partial charge is 0.378 e. The topological polar surface area (TPSA) is 86.2 Å². The lowest BCUT2D eigenvalue weighted by molar-refractivity contribution is -0.122. The van der Waals surface area contributed by atoms with Crippen molar-refractivity contribution in [2.45, 2.75) is 11.7 Å². The molecule has 1 aliphatic heterocycles. The summed E-state index contributed by atoms with van der Waals surface area (Å²) in [5.41, 5.74) is 2.68. The third kappa shape index (κ3) is 6.16. The van der Waals surface area contributed by atoms with Gasteiger partial charge in [-0.05, 0) is 42.0 Å². The lowest BCUT2D eigenvalue weighted by Gasteiger charge is -2.11. The maximum Gasteiger partial charge on any atom is 0.240 e. The Morgan fingerprint density at radius 2 is 1.90 bits per heavy atom. The number of hydrogen-bond donors (Lipinski definition) is 2. The van der Waals surface area contributed by atoms with Crippen molar-refractivity contribution in [3.63, 3.8) is 0 Å². The molecule has 1 unspecified atom stereocenters. The van der Waals surface area contributed by atoms with Crippen molar-refractivity contribution < 1.29 is 9.59 Å². The molecule has 1 fully saturated rings. The van der Waals surface area contributed by atoms with Gasteiger partial charge in [0.05, 0.1) is 6.21 Å². The second-order valence-electron chi connectivity index (χ2n) is 6.49. The molecule has 0 aromatic heterocycles. The van der Waals surface area contributed by atoms with Crippen LogP contribution in [0.4, 0.5) is 11.4 Å². The Morgan fingerprint density at radius 3 is 2.55 bits per heavy atom. The standard InChI is InChI=1S/C20H20BrN5O2S/c1-26(2)16-9-3-13(4-10-16)12-22-25-20-24-19(28)17(29-20)11-18(27)23-15-7-5-14(21)6-8-15/h3-10,12,17H,11H2,1-2H3,(H,23,27)(H,24,25,28)/b22-12-. The minimum absolute atomic E-state index is 0.0568. The maximum atomic E-state index is 12.2. The molecule has 0 spiro atoms. The summed E-state index contributed by atoms with van der Waals surface area (Å²) in [5.74, 6) is -0.476. The quantitative estimate of drug-likeness (QED) is 0.496. The number of thioether (sulfide) groups is 1. The van der Waals surface area contributed by atoms with Crippen molar-refractivity contribution in [2.24, 2.45) is 10.2 Å². The van der Waals surface area contributed by atoms with Gasteiger partial charge in [-0.1, -0.05) is 39.8 Å². The monoisotopic (exact) mass is 473 g/mol. The van der Waals surface area contributed by atoms with Crippen LogP contribution in [0.15, 0.2) is 63.2 Å². The van der Waals surface area contributed by atoms with Crippen molar-refractivity contribution in [2.75, 3.05) is 24.3 Å². The summed E-state index contributed by atoms with van der Waals surface area (Å²) in [5, 5.41) is 13.4. The summed E-state index contributed by atoms with van der Waals surface area (Å²) in [4.78, 5) is 26.3. The van der Waals surface area contributed by atoms with Crippen LogP contribution >= 0.6 is 27.7 Å². The van der Waals surface area contributed by atoms with Gasteiger partial charge in [-0.15, -0.1) is 5.10 Å². The third-order valence-corrected chi connectivity index (χ3v) is 5.64. The number of nitrogens with one attached hydrogen (secondary N) is 2. The summed E-state index contributed by atoms with van der Waals surface area (Å²) in [7, 11) is 3.95. The molecule has 2 amide bonds. The molecule has 0 radical (unpaired) electrons. The molecule has 0 saturated carbocycles. The third-order valence-electron chi connectivity index (χ3n) is 4.04. The first kappa shape index (κ1) is 21.1. The summed E-state index contributed by atoms with van der Waals surface area (Å²) in [6, 6.07) is 15.1. The highest BCUT2D eigenvalue weighted by Gasteiger charge is 2.32. The van der Waals surface area contributed by atoms with Crippen molar-refractivity contribution >= 4 is 62.3 Å². The fraction of sp³-hybridized carbons (Fsp3) is 0.200. The van der Waals surface area contributed by atoms with Crippen LogP contribution in [0.3, 0.4) is 0 Å². The van der Waals surface area contributed by atoms with E-state index in [-0.39, 0.29) is 18.2 Å². The van der Waals surface area contributed by atoms with Crippen LogP contribution in [-0.2, 0) is 9.59 Å². The van der Waals surface area contributed by atoms with Gasteiger partial charge in [0.25, 0.3) is 0 Å². The Balaban J connectivity index is 1.53. The van der Waals surface area contributed by atoms with E-state index in [4.69, 9.17) is 0 Å². The van der Waals surface area contributed by atoms with Crippen LogP contribution < -0.4 is 15.5 Å². The van der Waals surface area contributed by atoms with E-state index in [1.54, 1.807) is 18.3 Å². The Morgan fingerprint density at radius 1 is 1.21 bits per heavy atom. The first-order chi connectivity index (χ1) is 13.9. The molecule has 9 heteroatoms. The zero-order valence-corrected chi connectivity index (χ0v) is 18.3. The fourth-order valence-electron chi connectivity index (χ4n) is 2.51. The van der Waals surface area contributed by atoms with Gasteiger partial charge in [0.1, 0.15) is 5.25 Å². The molecule has 1 heterocycles. The molecule has 7 nitrogen and oxygen atoms in total. The average molecular weight is 474 g/mol. The molecule has 3 rings (SSSR count). The molecular weight excluding hydrogens is 454 g/mol. The van der Waals surface area contributed by atoms with Crippen molar-refractivity contribution in [1.82, 2.24) is 5.32 Å². The first-order valence-corrected chi connectivity index (χ1v) is 10.5.